The molecule has 0 atom stereocenters. The Labute approximate surface area is 73.2 Å². The zero-order chi connectivity index (χ0) is 9.61. The lowest BCUT2D eigenvalue weighted by molar-refractivity contribution is -0.146. The van der Waals surface area contributed by atoms with Crippen LogP contribution in [0.5, 0.6) is 0 Å². The third-order valence-electron chi connectivity index (χ3n) is 1.00. The van der Waals surface area contributed by atoms with Crippen LogP contribution in [0.25, 0.3) is 0 Å². The van der Waals surface area contributed by atoms with Gasteiger partial charge in [-0.1, -0.05) is 0 Å². The third kappa shape index (κ3) is 7.50. The van der Waals surface area contributed by atoms with E-state index in [2.05, 4.69) is 5.48 Å². The molecule has 0 fully saturated rings. The van der Waals surface area contributed by atoms with Crippen molar-refractivity contribution in [2.45, 2.75) is 32.8 Å². The third-order valence-corrected chi connectivity index (χ3v) is 1.00. The van der Waals surface area contributed by atoms with Crippen LogP contribution in [0.3, 0.4) is 0 Å². The fourth-order valence-corrected chi connectivity index (χ4v) is 0.456. The SMILES string of the molecule is COCCC(=O)NOC(C)(C)C. The number of nitrogens with one attached hydrogen (secondary N) is 1. The molecule has 0 aliphatic carbocycles. The van der Waals surface area contributed by atoms with Crippen molar-refractivity contribution in [1.82, 2.24) is 5.48 Å². The van der Waals surface area contributed by atoms with E-state index >= 15 is 0 Å². The average Bonchev–Trinajstić information content (AvgIpc) is 1.95. The number of carbonyl (C=O) groups is 1. The molecule has 0 radical (unpaired) electrons. The lowest BCUT2D eigenvalue weighted by atomic mass is 10.2. The van der Waals surface area contributed by atoms with Crippen molar-refractivity contribution in [3.8, 4) is 0 Å². The summed E-state index contributed by atoms with van der Waals surface area (Å²) in [7, 11) is 1.55. The summed E-state index contributed by atoms with van der Waals surface area (Å²) >= 11 is 0. The zero-order valence-electron chi connectivity index (χ0n) is 8.14. The van der Waals surface area contributed by atoms with Crippen LogP contribution < -0.4 is 5.48 Å². The first kappa shape index (κ1) is 11.4. The molecule has 1 N–H and O–H groups in total. The first-order valence-corrected chi connectivity index (χ1v) is 3.91. The second-order valence-electron chi connectivity index (χ2n) is 3.48. The predicted molar refractivity (Wildman–Crippen MR) is 45.5 cm³/mol. The van der Waals surface area contributed by atoms with Gasteiger partial charge < -0.3 is 4.74 Å². The van der Waals surface area contributed by atoms with Crippen molar-refractivity contribution in [3.05, 3.63) is 0 Å². The van der Waals surface area contributed by atoms with E-state index in [4.69, 9.17) is 9.57 Å². The maximum atomic E-state index is 10.9. The number of ether oxygens (including phenoxy) is 1. The molecule has 0 spiro atoms. The first-order chi connectivity index (χ1) is 5.45. The van der Waals surface area contributed by atoms with Gasteiger partial charge in [-0.25, -0.2) is 5.48 Å². The predicted octanol–water partition coefficient (Wildman–Crippen LogP) is 0.869. The molecule has 12 heavy (non-hydrogen) atoms. The molecular formula is C8H17NO3. The standard InChI is InChI=1S/C8H17NO3/c1-8(2,3)12-9-7(10)5-6-11-4/h5-6H2,1-4H3,(H,9,10). The minimum absolute atomic E-state index is 0.160. The lowest BCUT2D eigenvalue weighted by Crippen LogP contribution is -2.33. The Morgan fingerprint density at radius 2 is 2.00 bits per heavy atom. The molecule has 0 aromatic rings. The normalized spacial score (nSPS) is 11.3. The topological polar surface area (TPSA) is 47.6 Å². The Morgan fingerprint density at radius 3 is 2.42 bits per heavy atom. The molecule has 0 aromatic heterocycles. The molecule has 0 saturated heterocycles. The van der Waals surface area contributed by atoms with Crippen LogP contribution >= 0.6 is 0 Å². The van der Waals surface area contributed by atoms with Gasteiger partial charge in [0.25, 0.3) is 0 Å². The van der Waals surface area contributed by atoms with Crippen LogP contribution in [0.15, 0.2) is 0 Å². The van der Waals surface area contributed by atoms with Gasteiger partial charge in [-0.3, -0.25) is 9.63 Å². The Kier molecular flexibility index (Phi) is 4.85. The minimum atomic E-state index is -0.345. The van der Waals surface area contributed by atoms with Crippen LogP contribution in [0.2, 0.25) is 0 Å². The first-order valence-electron chi connectivity index (χ1n) is 3.91. The number of methoxy groups -OCH3 is 1. The highest BCUT2D eigenvalue weighted by Crippen LogP contribution is 2.03. The molecule has 0 bridgehead atoms. The van der Waals surface area contributed by atoms with E-state index in [1.165, 1.54) is 0 Å². The summed E-state index contributed by atoms with van der Waals surface area (Å²) in [6, 6.07) is 0. The van der Waals surface area contributed by atoms with Crippen LogP contribution in [0, 0.1) is 0 Å². The van der Waals surface area contributed by atoms with Crippen molar-refractivity contribution >= 4 is 5.91 Å². The van der Waals surface area contributed by atoms with Crippen molar-refractivity contribution in [1.29, 1.82) is 0 Å². The van der Waals surface area contributed by atoms with E-state index in [1.807, 2.05) is 20.8 Å². The zero-order valence-corrected chi connectivity index (χ0v) is 8.14. The molecular weight excluding hydrogens is 158 g/mol. The molecule has 0 unspecified atom stereocenters. The molecule has 0 rings (SSSR count). The summed E-state index contributed by atoms with van der Waals surface area (Å²) in [4.78, 5) is 16.0. The lowest BCUT2D eigenvalue weighted by Gasteiger charge is -2.18. The Bertz CT molecular complexity index is 140. The van der Waals surface area contributed by atoms with Crippen molar-refractivity contribution in [2.24, 2.45) is 0 Å². The maximum absolute atomic E-state index is 10.9. The highest BCUT2D eigenvalue weighted by Gasteiger charge is 2.12. The smallest absolute Gasteiger partial charge is 0.245 e. The summed E-state index contributed by atoms with van der Waals surface area (Å²) < 4.78 is 4.73. The van der Waals surface area contributed by atoms with E-state index < -0.39 is 0 Å². The fourth-order valence-electron chi connectivity index (χ4n) is 0.456. The Balaban J connectivity index is 3.44. The number of rotatable bonds is 4. The van der Waals surface area contributed by atoms with E-state index in [0.29, 0.717) is 13.0 Å². The maximum Gasteiger partial charge on any atom is 0.245 e. The van der Waals surface area contributed by atoms with Crippen molar-refractivity contribution in [2.75, 3.05) is 13.7 Å². The largest absolute Gasteiger partial charge is 0.384 e. The van der Waals surface area contributed by atoms with Gasteiger partial charge >= 0.3 is 0 Å². The van der Waals surface area contributed by atoms with Crippen LogP contribution in [0.4, 0.5) is 0 Å². The molecule has 0 heterocycles. The van der Waals surface area contributed by atoms with Gasteiger partial charge in [-0.2, -0.15) is 0 Å². The highest BCUT2D eigenvalue weighted by molar-refractivity contribution is 5.74. The molecule has 0 saturated carbocycles. The monoisotopic (exact) mass is 175 g/mol. The summed E-state index contributed by atoms with van der Waals surface area (Å²) in [6.45, 7) is 6.01. The van der Waals surface area contributed by atoms with E-state index in [-0.39, 0.29) is 11.5 Å². The fraction of sp³-hybridized carbons (Fsp3) is 0.875. The molecule has 4 nitrogen and oxygen atoms in total. The van der Waals surface area contributed by atoms with Gasteiger partial charge in [0.2, 0.25) is 5.91 Å². The van der Waals surface area contributed by atoms with Gasteiger partial charge in [0.15, 0.2) is 0 Å². The number of hydrogen-bond acceptors (Lipinski definition) is 3. The molecule has 4 heteroatoms. The van der Waals surface area contributed by atoms with Crippen molar-refractivity contribution < 1.29 is 14.4 Å². The Morgan fingerprint density at radius 1 is 1.42 bits per heavy atom. The second-order valence-corrected chi connectivity index (χ2v) is 3.48. The van der Waals surface area contributed by atoms with E-state index in [0.717, 1.165) is 0 Å². The average molecular weight is 175 g/mol. The number of hydrogen-bond donors (Lipinski definition) is 1. The summed E-state index contributed by atoms with van der Waals surface area (Å²) in [6.07, 6.45) is 0.326. The van der Waals surface area contributed by atoms with Crippen LogP contribution in [0.1, 0.15) is 27.2 Å². The number of hydroxylamine groups is 1. The van der Waals surface area contributed by atoms with Crippen LogP contribution in [-0.2, 0) is 14.4 Å². The van der Waals surface area contributed by atoms with E-state index in [1.54, 1.807) is 7.11 Å². The van der Waals surface area contributed by atoms with Crippen LogP contribution in [-0.4, -0.2) is 25.2 Å². The second kappa shape index (κ2) is 5.11. The highest BCUT2D eigenvalue weighted by atomic mass is 16.7. The molecule has 72 valence electrons. The van der Waals surface area contributed by atoms with Gasteiger partial charge in [0.1, 0.15) is 0 Å². The molecule has 0 aliphatic heterocycles. The minimum Gasteiger partial charge on any atom is -0.384 e. The summed E-state index contributed by atoms with van der Waals surface area (Å²) in [5.41, 5.74) is 1.99. The van der Waals surface area contributed by atoms with Gasteiger partial charge in [-0.05, 0) is 20.8 Å². The van der Waals surface area contributed by atoms with E-state index in [9.17, 15) is 4.79 Å². The summed E-state index contributed by atoms with van der Waals surface area (Å²) in [5.74, 6) is -0.160. The molecule has 0 aromatic carbocycles. The Hall–Kier alpha value is -0.610. The summed E-state index contributed by atoms with van der Waals surface area (Å²) in [5, 5.41) is 0. The van der Waals surface area contributed by atoms with Gasteiger partial charge in [0, 0.05) is 7.11 Å². The van der Waals surface area contributed by atoms with Gasteiger partial charge in [-0.15, -0.1) is 0 Å². The van der Waals surface area contributed by atoms with Crippen molar-refractivity contribution in [3.63, 3.8) is 0 Å². The molecule has 0 aliphatic rings. The number of amides is 1. The molecule has 1 amide bonds. The number of carbonyl (C=O) groups excluding carboxylic acids is 1. The van der Waals surface area contributed by atoms with Gasteiger partial charge in [0.05, 0.1) is 18.6 Å². The quantitative estimate of drug-likeness (QED) is 0.645.